The number of aromatic nitrogens is 1. The molecule has 0 spiro atoms. The van der Waals surface area contributed by atoms with Gasteiger partial charge in [0.05, 0.1) is 17.7 Å². The zero-order chi connectivity index (χ0) is 16.3. The number of carbonyl (C=O) groups is 2. The quantitative estimate of drug-likeness (QED) is 0.750. The molecule has 0 bridgehead atoms. The van der Waals surface area contributed by atoms with E-state index >= 15 is 0 Å². The van der Waals surface area contributed by atoms with E-state index in [9.17, 15) is 9.59 Å². The predicted octanol–water partition coefficient (Wildman–Crippen LogP) is 1.91. The van der Waals surface area contributed by atoms with Crippen LogP contribution in [-0.4, -0.2) is 30.0 Å². The van der Waals surface area contributed by atoms with Crippen molar-refractivity contribution < 1.29 is 14.3 Å². The number of carbonyl (C=O) groups excluding carboxylic acids is 2. The van der Waals surface area contributed by atoms with Crippen molar-refractivity contribution in [3.63, 3.8) is 0 Å². The van der Waals surface area contributed by atoms with E-state index in [0.29, 0.717) is 24.0 Å². The first-order valence-electron chi connectivity index (χ1n) is 6.78. The van der Waals surface area contributed by atoms with Gasteiger partial charge in [0, 0.05) is 11.9 Å². The van der Waals surface area contributed by atoms with Gasteiger partial charge in [0.25, 0.3) is 0 Å². The maximum atomic E-state index is 11.9. The van der Waals surface area contributed by atoms with Crippen molar-refractivity contribution in [1.29, 1.82) is 0 Å². The lowest BCUT2D eigenvalue weighted by atomic mass is 9.90. The predicted molar refractivity (Wildman–Crippen MR) is 83.2 cm³/mol. The number of nitrogens with zero attached hydrogens (tertiary/aromatic N) is 1. The molecular weight excluding hydrogens is 290 g/mol. The number of amides is 1. The molecule has 0 radical (unpaired) electrons. The van der Waals surface area contributed by atoms with Gasteiger partial charge in [-0.3, -0.25) is 9.59 Å². The number of esters is 1. The van der Waals surface area contributed by atoms with Crippen LogP contribution in [0.3, 0.4) is 0 Å². The molecule has 1 rings (SSSR count). The highest BCUT2D eigenvalue weighted by Crippen LogP contribution is 2.29. The Hall–Kier alpha value is -1.63. The highest BCUT2D eigenvalue weighted by atomic mass is 32.1. The van der Waals surface area contributed by atoms with E-state index in [1.807, 2.05) is 5.38 Å². The van der Waals surface area contributed by atoms with Gasteiger partial charge in [0.1, 0.15) is 5.41 Å². The number of nitrogens with one attached hydrogen (secondary N) is 1. The minimum atomic E-state index is -0.800. The normalized spacial score (nSPS) is 12.0. The van der Waals surface area contributed by atoms with Crippen molar-refractivity contribution in [1.82, 2.24) is 4.98 Å². The summed E-state index contributed by atoms with van der Waals surface area (Å²) in [4.78, 5) is 27.6. The number of ether oxygens (including phenoxy) is 1. The molecule has 1 aromatic rings. The number of primary amides is 1. The molecule has 0 aliphatic carbocycles. The molecule has 0 saturated heterocycles. The van der Waals surface area contributed by atoms with E-state index in [1.54, 1.807) is 34.6 Å². The largest absolute Gasteiger partial charge is 0.465 e. The Kier molecular flexibility index (Phi) is 5.33. The summed E-state index contributed by atoms with van der Waals surface area (Å²) in [5.41, 5.74) is 4.50. The van der Waals surface area contributed by atoms with Crippen LogP contribution >= 0.6 is 11.3 Å². The maximum absolute atomic E-state index is 11.9. The molecule has 1 heterocycles. The molecular formula is C14H23N3O3S. The lowest BCUT2D eigenvalue weighted by Crippen LogP contribution is -2.37. The topological polar surface area (TPSA) is 94.3 Å². The highest BCUT2D eigenvalue weighted by Gasteiger charge is 2.34. The molecule has 118 valence electrons. The van der Waals surface area contributed by atoms with Crippen LogP contribution < -0.4 is 11.1 Å². The first-order valence-corrected chi connectivity index (χ1v) is 7.66. The van der Waals surface area contributed by atoms with Crippen LogP contribution in [0.25, 0.3) is 0 Å². The molecule has 1 aromatic heterocycles. The van der Waals surface area contributed by atoms with Crippen molar-refractivity contribution in [2.24, 2.45) is 11.1 Å². The summed E-state index contributed by atoms with van der Waals surface area (Å²) in [5.74, 6) is -0.682. The Morgan fingerprint density at radius 2 is 2.00 bits per heavy atom. The third-order valence-electron chi connectivity index (χ3n) is 3.28. The lowest BCUT2D eigenvalue weighted by molar-refractivity contribution is -0.148. The Morgan fingerprint density at radius 3 is 2.52 bits per heavy atom. The third-order valence-corrected chi connectivity index (χ3v) is 4.08. The smallest absolute Gasteiger partial charge is 0.317 e. The fourth-order valence-electron chi connectivity index (χ4n) is 1.44. The Labute approximate surface area is 129 Å². The molecule has 0 aromatic carbocycles. The summed E-state index contributed by atoms with van der Waals surface area (Å²) >= 11 is 1.38. The van der Waals surface area contributed by atoms with Gasteiger partial charge in [0.15, 0.2) is 5.13 Å². The number of thiazole rings is 1. The van der Waals surface area contributed by atoms with E-state index in [0.717, 1.165) is 0 Å². The zero-order valence-corrected chi connectivity index (χ0v) is 14.0. The van der Waals surface area contributed by atoms with Crippen molar-refractivity contribution in [2.75, 3.05) is 18.5 Å². The van der Waals surface area contributed by atoms with E-state index in [2.05, 4.69) is 10.3 Å². The third kappa shape index (κ3) is 4.17. The number of hydrogen-bond donors (Lipinski definition) is 2. The van der Waals surface area contributed by atoms with Crippen LogP contribution in [0.15, 0.2) is 5.38 Å². The molecule has 0 aliphatic heterocycles. The first-order chi connectivity index (χ1) is 9.61. The van der Waals surface area contributed by atoms with Crippen molar-refractivity contribution in [3.05, 3.63) is 11.1 Å². The Balaban J connectivity index is 2.78. The zero-order valence-electron chi connectivity index (χ0n) is 13.1. The van der Waals surface area contributed by atoms with Gasteiger partial charge < -0.3 is 15.8 Å². The number of rotatable bonds is 7. The summed E-state index contributed by atoms with van der Waals surface area (Å²) < 4.78 is 5.06. The molecule has 0 aliphatic rings. The van der Waals surface area contributed by atoms with Crippen LogP contribution in [0.5, 0.6) is 0 Å². The highest BCUT2D eigenvalue weighted by molar-refractivity contribution is 7.13. The van der Waals surface area contributed by atoms with Crippen LogP contribution in [0.2, 0.25) is 0 Å². The van der Waals surface area contributed by atoms with Gasteiger partial charge in [0.2, 0.25) is 5.91 Å². The summed E-state index contributed by atoms with van der Waals surface area (Å²) in [5, 5.41) is 5.55. The molecule has 1 amide bonds. The van der Waals surface area contributed by atoms with Gasteiger partial charge in [-0.2, -0.15) is 0 Å². The van der Waals surface area contributed by atoms with Crippen LogP contribution in [0.1, 0.15) is 40.3 Å². The first kappa shape index (κ1) is 17.4. The second-order valence-corrected chi connectivity index (χ2v) is 6.84. The molecule has 21 heavy (non-hydrogen) atoms. The van der Waals surface area contributed by atoms with Gasteiger partial charge in [-0.25, -0.2) is 4.98 Å². The minimum absolute atomic E-state index is 0.306. The van der Waals surface area contributed by atoms with Crippen LogP contribution in [0, 0.1) is 5.41 Å². The molecule has 0 saturated carbocycles. The van der Waals surface area contributed by atoms with Crippen molar-refractivity contribution in [2.45, 2.75) is 40.0 Å². The van der Waals surface area contributed by atoms with Crippen LogP contribution in [0.4, 0.5) is 5.13 Å². The van der Waals surface area contributed by atoms with E-state index in [1.165, 1.54) is 11.3 Å². The minimum Gasteiger partial charge on any atom is -0.465 e. The Bertz CT molecular complexity index is 523. The second-order valence-electron chi connectivity index (χ2n) is 5.99. The molecule has 0 atom stereocenters. The van der Waals surface area contributed by atoms with Crippen molar-refractivity contribution >= 4 is 28.3 Å². The van der Waals surface area contributed by atoms with E-state index < -0.39 is 10.8 Å². The Morgan fingerprint density at radius 1 is 1.38 bits per heavy atom. The van der Waals surface area contributed by atoms with Gasteiger partial charge in [-0.1, -0.05) is 0 Å². The van der Waals surface area contributed by atoms with Gasteiger partial charge in [-0.15, -0.1) is 11.3 Å². The SMILES string of the molecule is CCOC(=O)C(C)(C)c1csc(NCC(C)(C)C(N)=O)n1. The lowest BCUT2D eigenvalue weighted by Gasteiger charge is -2.21. The fourth-order valence-corrected chi connectivity index (χ4v) is 2.32. The number of nitrogens with two attached hydrogens (primary N) is 1. The average molecular weight is 313 g/mol. The number of anilines is 1. The van der Waals surface area contributed by atoms with E-state index in [4.69, 9.17) is 10.5 Å². The summed E-state index contributed by atoms with van der Waals surface area (Å²) in [6.07, 6.45) is 0. The van der Waals surface area contributed by atoms with Crippen LogP contribution in [-0.2, 0) is 19.7 Å². The second kappa shape index (κ2) is 6.43. The standard InChI is InChI=1S/C14H23N3O3S/c1-6-20-11(19)14(4,5)9-7-21-12(17-9)16-8-13(2,3)10(15)18/h7H,6,8H2,1-5H3,(H2,15,18)(H,16,17). The monoisotopic (exact) mass is 313 g/mol. The van der Waals surface area contributed by atoms with Crippen molar-refractivity contribution in [3.8, 4) is 0 Å². The van der Waals surface area contributed by atoms with E-state index in [-0.39, 0.29) is 11.9 Å². The molecule has 0 unspecified atom stereocenters. The maximum Gasteiger partial charge on any atom is 0.317 e. The average Bonchev–Trinajstić information content (AvgIpc) is 2.86. The molecule has 6 nitrogen and oxygen atoms in total. The molecule has 0 fully saturated rings. The summed E-state index contributed by atoms with van der Waals surface area (Å²) in [7, 11) is 0. The molecule has 7 heteroatoms. The summed E-state index contributed by atoms with van der Waals surface area (Å²) in [6.45, 7) is 9.57. The summed E-state index contributed by atoms with van der Waals surface area (Å²) in [6, 6.07) is 0. The van der Waals surface area contributed by atoms with Gasteiger partial charge in [-0.05, 0) is 34.6 Å². The molecule has 3 N–H and O–H groups in total. The number of hydrogen-bond acceptors (Lipinski definition) is 6. The fraction of sp³-hybridized carbons (Fsp3) is 0.643. The van der Waals surface area contributed by atoms with Gasteiger partial charge >= 0.3 is 5.97 Å².